The van der Waals surface area contributed by atoms with Gasteiger partial charge in [-0.25, -0.2) is 9.78 Å². The average molecular weight is 252 g/mol. The van der Waals surface area contributed by atoms with E-state index in [1.54, 1.807) is 25.6 Å². The maximum absolute atomic E-state index is 11.8. The van der Waals surface area contributed by atoms with Gasteiger partial charge in [0.25, 0.3) is 0 Å². The summed E-state index contributed by atoms with van der Waals surface area (Å²) in [4.78, 5) is 16.3. The SMILES string of the molecule is CCOC(=O)c1c(C)nc2c(c1N)CC(C)S2. The molecule has 5 heteroatoms. The highest BCUT2D eigenvalue weighted by Gasteiger charge is 2.27. The van der Waals surface area contributed by atoms with Crippen LogP contribution in [0.15, 0.2) is 5.03 Å². The Morgan fingerprint density at radius 1 is 1.65 bits per heavy atom. The average Bonchev–Trinajstić information content (AvgIpc) is 2.59. The number of nitrogens with zero attached hydrogens (tertiary/aromatic N) is 1. The number of pyridine rings is 1. The molecule has 0 aliphatic carbocycles. The summed E-state index contributed by atoms with van der Waals surface area (Å²) in [5.41, 5.74) is 8.70. The number of thioether (sulfide) groups is 1. The zero-order chi connectivity index (χ0) is 12.6. The van der Waals surface area contributed by atoms with E-state index in [9.17, 15) is 4.79 Å². The van der Waals surface area contributed by atoms with Crippen molar-refractivity contribution in [2.75, 3.05) is 12.3 Å². The van der Waals surface area contributed by atoms with E-state index in [0.717, 1.165) is 17.0 Å². The number of nitrogens with two attached hydrogens (primary N) is 1. The van der Waals surface area contributed by atoms with Gasteiger partial charge < -0.3 is 10.5 Å². The Kier molecular flexibility index (Phi) is 3.28. The topological polar surface area (TPSA) is 65.2 Å². The summed E-state index contributed by atoms with van der Waals surface area (Å²) in [5.74, 6) is -0.373. The van der Waals surface area contributed by atoms with E-state index in [4.69, 9.17) is 10.5 Å². The molecule has 0 aromatic carbocycles. The zero-order valence-corrected chi connectivity index (χ0v) is 11.1. The van der Waals surface area contributed by atoms with Crippen molar-refractivity contribution >= 4 is 23.4 Å². The highest BCUT2D eigenvalue weighted by Crippen LogP contribution is 2.40. The van der Waals surface area contributed by atoms with Gasteiger partial charge in [0.05, 0.1) is 18.0 Å². The molecule has 1 aromatic rings. The van der Waals surface area contributed by atoms with E-state index < -0.39 is 0 Å². The van der Waals surface area contributed by atoms with Crippen LogP contribution in [0.3, 0.4) is 0 Å². The van der Waals surface area contributed by atoms with Crippen LogP contribution in [-0.4, -0.2) is 22.8 Å². The third kappa shape index (κ3) is 2.11. The molecule has 1 aliphatic heterocycles. The molecule has 0 saturated carbocycles. The minimum Gasteiger partial charge on any atom is -0.462 e. The molecule has 92 valence electrons. The van der Waals surface area contributed by atoms with Crippen LogP contribution in [0.1, 0.15) is 35.5 Å². The number of hydrogen-bond donors (Lipinski definition) is 1. The van der Waals surface area contributed by atoms with Gasteiger partial charge in [0, 0.05) is 10.8 Å². The van der Waals surface area contributed by atoms with Gasteiger partial charge in [-0.05, 0) is 20.3 Å². The van der Waals surface area contributed by atoms with Crippen LogP contribution in [0.4, 0.5) is 5.69 Å². The number of carbonyl (C=O) groups is 1. The standard InChI is InChI=1S/C12H16N2O2S/c1-4-16-12(15)9-7(3)14-11-8(10(9)13)5-6(2)17-11/h6H,4-5H2,1-3H3,(H2,13,14). The van der Waals surface area contributed by atoms with Crippen LogP contribution in [0, 0.1) is 6.92 Å². The molecule has 1 aliphatic rings. The van der Waals surface area contributed by atoms with Crippen molar-refractivity contribution in [1.82, 2.24) is 4.98 Å². The largest absolute Gasteiger partial charge is 0.462 e. The molecule has 1 atom stereocenters. The quantitative estimate of drug-likeness (QED) is 0.817. The molecule has 17 heavy (non-hydrogen) atoms. The number of aryl methyl sites for hydroxylation is 1. The predicted molar refractivity (Wildman–Crippen MR) is 68.4 cm³/mol. The maximum atomic E-state index is 11.8. The fourth-order valence-corrected chi connectivity index (χ4v) is 3.17. The lowest BCUT2D eigenvalue weighted by Crippen LogP contribution is -2.13. The van der Waals surface area contributed by atoms with Crippen molar-refractivity contribution in [3.63, 3.8) is 0 Å². The molecule has 0 saturated heterocycles. The summed E-state index contributed by atoms with van der Waals surface area (Å²) in [7, 11) is 0. The van der Waals surface area contributed by atoms with Crippen molar-refractivity contribution in [2.24, 2.45) is 0 Å². The Hall–Kier alpha value is -1.23. The van der Waals surface area contributed by atoms with E-state index in [-0.39, 0.29) is 5.97 Å². The molecule has 2 N–H and O–H groups in total. The van der Waals surface area contributed by atoms with E-state index >= 15 is 0 Å². The molecule has 2 rings (SSSR count). The number of rotatable bonds is 2. The lowest BCUT2D eigenvalue weighted by molar-refractivity contribution is 0.0526. The Bertz CT molecular complexity index is 474. The minimum absolute atomic E-state index is 0.347. The molecular weight excluding hydrogens is 236 g/mol. The van der Waals surface area contributed by atoms with Crippen molar-refractivity contribution in [2.45, 2.75) is 37.5 Å². The number of hydrogen-bond acceptors (Lipinski definition) is 5. The second-order valence-electron chi connectivity index (χ2n) is 4.12. The Labute approximate surface area is 105 Å². The van der Waals surface area contributed by atoms with Gasteiger partial charge in [0.15, 0.2) is 0 Å². The lowest BCUT2D eigenvalue weighted by atomic mass is 10.0. The van der Waals surface area contributed by atoms with E-state index in [2.05, 4.69) is 11.9 Å². The number of aromatic nitrogens is 1. The van der Waals surface area contributed by atoms with E-state index in [0.29, 0.717) is 28.8 Å². The Balaban J connectivity index is 2.48. The summed E-state index contributed by atoms with van der Waals surface area (Å²) in [5, 5.41) is 1.43. The van der Waals surface area contributed by atoms with Crippen molar-refractivity contribution < 1.29 is 9.53 Å². The maximum Gasteiger partial charge on any atom is 0.342 e. The summed E-state index contributed by atoms with van der Waals surface area (Å²) in [6.45, 7) is 6.06. The third-order valence-corrected chi connectivity index (χ3v) is 3.90. The summed E-state index contributed by atoms with van der Waals surface area (Å²) >= 11 is 1.71. The van der Waals surface area contributed by atoms with Crippen LogP contribution in [-0.2, 0) is 11.2 Å². The molecule has 1 aromatic heterocycles. The van der Waals surface area contributed by atoms with Gasteiger partial charge in [0.2, 0.25) is 0 Å². The first kappa shape index (κ1) is 12.2. The number of carbonyl (C=O) groups excluding carboxylic acids is 1. The van der Waals surface area contributed by atoms with Crippen LogP contribution in [0.2, 0.25) is 0 Å². The van der Waals surface area contributed by atoms with Gasteiger partial charge in [0.1, 0.15) is 10.6 Å². The van der Waals surface area contributed by atoms with Crippen LogP contribution in [0.5, 0.6) is 0 Å². The summed E-state index contributed by atoms with van der Waals surface area (Å²) < 4.78 is 5.01. The number of anilines is 1. The smallest absolute Gasteiger partial charge is 0.342 e. The molecular formula is C12H16N2O2S. The molecule has 1 unspecified atom stereocenters. The number of nitrogen functional groups attached to an aromatic ring is 1. The Morgan fingerprint density at radius 2 is 2.35 bits per heavy atom. The van der Waals surface area contributed by atoms with Crippen molar-refractivity contribution in [3.05, 3.63) is 16.8 Å². The highest BCUT2D eigenvalue weighted by atomic mass is 32.2. The number of fused-ring (bicyclic) bond motifs is 1. The number of esters is 1. The molecule has 0 amide bonds. The fraction of sp³-hybridized carbons (Fsp3) is 0.500. The number of ether oxygens (including phenoxy) is 1. The van der Waals surface area contributed by atoms with Gasteiger partial charge in [-0.15, -0.1) is 11.8 Å². The summed E-state index contributed by atoms with van der Waals surface area (Å²) in [6, 6.07) is 0. The fourth-order valence-electron chi connectivity index (χ4n) is 2.01. The molecule has 4 nitrogen and oxygen atoms in total. The van der Waals surface area contributed by atoms with Crippen LogP contribution >= 0.6 is 11.8 Å². The monoisotopic (exact) mass is 252 g/mol. The third-order valence-electron chi connectivity index (χ3n) is 2.77. The molecule has 0 bridgehead atoms. The molecule has 0 radical (unpaired) electrons. The second kappa shape index (κ2) is 4.56. The van der Waals surface area contributed by atoms with Gasteiger partial charge >= 0.3 is 5.97 Å². The first-order valence-corrected chi connectivity index (χ1v) is 6.55. The van der Waals surface area contributed by atoms with E-state index in [1.807, 2.05) is 0 Å². The highest BCUT2D eigenvalue weighted by molar-refractivity contribution is 8.00. The first-order chi connectivity index (χ1) is 8.04. The molecule has 2 heterocycles. The minimum atomic E-state index is -0.373. The predicted octanol–water partition coefficient (Wildman–Crippen LogP) is 2.19. The molecule has 0 fully saturated rings. The van der Waals surface area contributed by atoms with E-state index in [1.165, 1.54) is 0 Å². The zero-order valence-electron chi connectivity index (χ0n) is 10.2. The van der Waals surface area contributed by atoms with Gasteiger partial charge in [-0.1, -0.05) is 6.92 Å². The molecule has 0 spiro atoms. The second-order valence-corrected chi connectivity index (χ2v) is 5.55. The van der Waals surface area contributed by atoms with Gasteiger partial charge in [-0.3, -0.25) is 0 Å². The van der Waals surface area contributed by atoms with Crippen molar-refractivity contribution in [3.8, 4) is 0 Å². The first-order valence-electron chi connectivity index (χ1n) is 5.67. The van der Waals surface area contributed by atoms with Crippen molar-refractivity contribution in [1.29, 1.82) is 0 Å². The lowest BCUT2D eigenvalue weighted by Gasteiger charge is -2.11. The normalized spacial score (nSPS) is 17.9. The summed E-state index contributed by atoms with van der Waals surface area (Å²) in [6.07, 6.45) is 0.867. The van der Waals surface area contributed by atoms with Gasteiger partial charge in [-0.2, -0.15) is 0 Å². The van der Waals surface area contributed by atoms with Crippen LogP contribution < -0.4 is 5.73 Å². The van der Waals surface area contributed by atoms with Crippen LogP contribution in [0.25, 0.3) is 0 Å². The Morgan fingerprint density at radius 3 is 3.00 bits per heavy atom.